The van der Waals surface area contributed by atoms with Crippen LogP contribution >= 0.6 is 7.75 Å². The van der Waals surface area contributed by atoms with Crippen molar-refractivity contribution in [2.45, 2.75) is 38.1 Å². The van der Waals surface area contributed by atoms with Crippen molar-refractivity contribution < 1.29 is 28.7 Å². The monoisotopic (exact) mass is 343 g/mol. The van der Waals surface area contributed by atoms with Crippen molar-refractivity contribution in [3.63, 3.8) is 0 Å². The minimum absolute atomic E-state index is 0.0687. The second-order valence-corrected chi connectivity index (χ2v) is 6.66. The van der Waals surface area contributed by atoms with E-state index < -0.39 is 19.8 Å². The second-order valence-electron chi connectivity index (χ2n) is 5.10. The molecule has 1 aromatic rings. The fraction of sp³-hybridized carbons (Fsp3) is 0.467. The number of carboxylic acid groups (broad SMARTS) is 1. The van der Waals surface area contributed by atoms with Crippen LogP contribution in [-0.4, -0.2) is 34.9 Å². The molecule has 1 aromatic carbocycles. The van der Waals surface area contributed by atoms with Gasteiger partial charge in [0.15, 0.2) is 0 Å². The number of carbonyl (C=O) groups excluding carboxylic acids is 1. The predicted octanol–water partition coefficient (Wildman–Crippen LogP) is 2.15. The van der Waals surface area contributed by atoms with Gasteiger partial charge in [0.25, 0.3) is 0 Å². The molecular formula is C15H22NO6P. The van der Waals surface area contributed by atoms with E-state index in [2.05, 4.69) is 5.09 Å². The topological polar surface area (TPSA) is 113 Å². The van der Waals surface area contributed by atoms with Crippen LogP contribution < -0.4 is 5.09 Å². The van der Waals surface area contributed by atoms with Crippen molar-refractivity contribution in [2.24, 2.45) is 0 Å². The molecule has 0 heterocycles. The average Bonchev–Trinajstić information content (AvgIpc) is 2.51. The summed E-state index contributed by atoms with van der Waals surface area (Å²) in [5, 5.41) is 10.7. The molecule has 0 amide bonds. The highest BCUT2D eigenvalue weighted by Crippen LogP contribution is 2.37. The Balaban J connectivity index is 2.24. The number of aryl methyl sites for hydroxylation is 1. The lowest BCUT2D eigenvalue weighted by atomic mass is 10.1. The predicted molar refractivity (Wildman–Crippen MR) is 85.0 cm³/mol. The molecule has 3 N–H and O–H groups in total. The Bertz CT molecular complexity index is 536. The quantitative estimate of drug-likeness (QED) is 0.303. The van der Waals surface area contributed by atoms with E-state index in [1.165, 1.54) is 5.56 Å². The van der Waals surface area contributed by atoms with Crippen LogP contribution in [0.3, 0.4) is 0 Å². The van der Waals surface area contributed by atoms with E-state index in [1.54, 1.807) is 0 Å². The maximum absolute atomic E-state index is 11.8. The Morgan fingerprint density at radius 1 is 1.30 bits per heavy atom. The summed E-state index contributed by atoms with van der Waals surface area (Å²) < 4.78 is 16.7. The van der Waals surface area contributed by atoms with Gasteiger partial charge >= 0.3 is 13.7 Å². The molecule has 8 heteroatoms. The van der Waals surface area contributed by atoms with E-state index in [9.17, 15) is 19.0 Å². The summed E-state index contributed by atoms with van der Waals surface area (Å²) in [6.07, 6.45) is 2.32. The molecule has 0 saturated heterocycles. The molecule has 23 heavy (non-hydrogen) atoms. The molecule has 0 aliphatic rings. The number of nitrogens with one attached hydrogen (secondary N) is 1. The largest absolute Gasteiger partial charge is 0.481 e. The van der Waals surface area contributed by atoms with Gasteiger partial charge < -0.3 is 14.8 Å². The standard InChI is InChI=1S/C15H22NO6P/c17-12-14(9-10-15(18)19)16-23(20,21)22-11-5-4-8-13-6-2-1-3-7-13/h1-3,6-7,12,14H,4-5,8-11H2,(H,18,19)(H2,16,20,21)/t14-/m0/s1. The summed E-state index contributed by atoms with van der Waals surface area (Å²) >= 11 is 0. The van der Waals surface area contributed by atoms with E-state index in [1.807, 2.05) is 30.3 Å². The molecule has 0 aliphatic heterocycles. The molecule has 128 valence electrons. The number of carboxylic acids is 1. The molecule has 7 nitrogen and oxygen atoms in total. The van der Waals surface area contributed by atoms with Gasteiger partial charge in [-0.15, -0.1) is 0 Å². The average molecular weight is 343 g/mol. The number of aliphatic carboxylic acids is 1. The van der Waals surface area contributed by atoms with Crippen molar-refractivity contribution in [3.05, 3.63) is 35.9 Å². The van der Waals surface area contributed by atoms with E-state index in [0.717, 1.165) is 12.8 Å². The molecule has 0 saturated carbocycles. The zero-order valence-electron chi connectivity index (χ0n) is 12.8. The van der Waals surface area contributed by atoms with Crippen molar-refractivity contribution in [2.75, 3.05) is 6.61 Å². The highest BCUT2D eigenvalue weighted by Gasteiger charge is 2.24. The van der Waals surface area contributed by atoms with Crippen molar-refractivity contribution >= 4 is 20.0 Å². The Hall–Kier alpha value is -1.53. The zero-order chi connectivity index (χ0) is 17.1. The van der Waals surface area contributed by atoms with E-state index in [4.69, 9.17) is 9.63 Å². The number of hydrogen-bond donors (Lipinski definition) is 3. The first kappa shape index (κ1) is 19.5. The van der Waals surface area contributed by atoms with E-state index >= 15 is 0 Å². The molecule has 0 fully saturated rings. The van der Waals surface area contributed by atoms with Crippen LogP contribution in [0.5, 0.6) is 0 Å². The lowest BCUT2D eigenvalue weighted by Crippen LogP contribution is -2.29. The first-order valence-electron chi connectivity index (χ1n) is 7.39. The van der Waals surface area contributed by atoms with Crippen LogP contribution in [0.1, 0.15) is 31.2 Å². The number of unbranched alkanes of at least 4 members (excludes halogenated alkanes) is 1. The summed E-state index contributed by atoms with van der Waals surface area (Å²) in [6.45, 7) is 0.0815. The lowest BCUT2D eigenvalue weighted by Gasteiger charge is -2.17. The first-order valence-corrected chi connectivity index (χ1v) is 8.97. The molecule has 0 spiro atoms. The molecule has 0 aliphatic carbocycles. The fourth-order valence-electron chi connectivity index (χ4n) is 1.95. The van der Waals surface area contributed by atoms with Gasteiger partial charge in [-0.2, -0.15) is 0 Å². The molecular weight excluding hydrogens is 321 g/mol. The SMILES string of the molecule is O=C[C@H](CCC(=O)O)NP(=O)(O)OCCCCc1ccccc1. The summed E-state index contributed by atoms with van der Waals surface area (Å²) in [5.41, 5.74) is 1.19. The summed E-state index contributed by atoms with van der Waals surface area (Å²) in [7, 11) is -4.11. The Morgan fingerprint density at radius 2 is 2.00 bits per heavy atom. The number of hydrogen-bond acceptors (Lipinski definition) is 4. The van der Waals surface area contributed by atoms with E-state index in [0.29, 0.717) is 12.7 Å². The Morgan fingerprint density at radius 3 is 2.61 bits per heavy atom. The van der Waals surface area contributed by atoms with Crippen LogP contribution in [0, 0.1) is 0 Å². The van der Waals surface area contributed by atoms with Crippen LogP contribution in [-0.2, 0) is 25.1 Å². The second kappa shape index (κ2) is 10.3. The maximum atomic E-state index is 11.8. The van der Waals surface area contributed by atoms with E-state index in [-0.39, 0.29) is 19.4 Å². The van der Waals surface area contributed by atoms with Crippen molar-refractivity contribution in [3.8, 4) is 0 Å². The summed E-state index contributed by atoms with van der Waals surface area (Å²) in [5.74, 6) is -1.08. The van der Waals surface area contributed by atoms with Gasteiger partial charge in [0, 0.05) is 6.42 Å². The summed E-state index contributed by atoms with van der Waals surface area (Å²) in [6, 6.07) is 8.84. The third-order valence-corrected chi connectivity index (χ3v) is 4.32. The smallest absolute Gasteiger partial charge is 0.403 e. The number of carbonyl (C=O) groups is 2. The van der Waals surface area contributed by atoms with Crippen LogP contribution in [0.25, 0.3) is 0 Å². The molecule has 0 radical (unpaired) electrons. The zero-order valence-corrected chi connectivity index (χ0v) is 13.7. The van der Waals surface area contributed by atoms with Gasteiger partial charge in [-0.05, 0) is 31.2 Å². The van der Waals surface area contributed by atoms with Gasteiger partial charge in [0.2, 0.25) is 0 Å². The van der Waals surface area contributed by atoms with Crippen LogP contribution in [0.2, 0.25) is 0 Å². The fourth-order valence-corrected chi connectivity index (χ4v) is 3.01. The molecule has 0 aromatic heterocycles. The number of aldehydes is 1. The molecule has 1 unspecified atom stereocenters. The molecule has 0 bridgehead atoms. The van der Waals surface area contributed by atoms with Crippen LogP contribution in [0.4, 0.5) is 0 Å². The molecule has 1 rings (SSSR count). The van der Waals surface area contributed by atoms with Gasteiger partial charge in [-0.1, -0.05) is 30.3 Å². The van der Waals surface area contributed by atoms with Gasteiger partial charge in [0.1, 0.15) is 6.29 Å². The molecule has 2 atom stereocenters. The van der Waals surface area contributed by atoms with Gasteiger partial charge in [-0.3, -0.25) is 9.32 Å². The third-order valence-electron chi connectivity index (χ3n) is 3.13. The maximum Gasteiger partial charge on any atom is 0.403 e. The first-order chi connectivity index (χ1) is 10.9. The highest BCUT2D eigenvalue weighted by atomic mass is 31.2. The number of benzene rings is 1. The Kier molecular flexibility index (Phi) is 8.73. The lowest BCUT2D eigenvalue weighted by molar-refractivity contribution is -0.137. The minimum Gasteiger partial charge on any atom is -0.481 e. The van der Waals surface area contributed by atoms with Gasteiger partial charge in [0.05, 0.1) is 12.6 Å². The highest BCUT2D eigenvalue weighted by molar-refractivity contribution is 7.50. The summed E-state index contributed by atoms with van der Waals surface area (Å²) in [4.78, 5) is 30.8. The normalized spacial score (nSPS) is 14.8. The Labute approximate surface area is 135 Å². The van der Waals surface area contributed by atoms with Gasteiger partial charge in [-0.25, -0.2) is 9.65 Å². The number of rotatable bonds is 12. The van der Waals surface area contributed by atoms with Crippen molar-refractivity contribution in [1.29, 1.82) is 0 Å². The minimum atomic E-state index is -4.11. The van der Waals surface area contributed by atoms with Crippen LogP contribution in [0.15, 0.2) is 30.3 Å². The van der Waals surface area contributed by atoms with Crippen molar-refractivity contribution in [1.82, 2.24) is 5.09 Å². The third kappa shape index (κ3) is 9.25.